The molecule has 1 aromatic rings. The number of imidazole rings is 1. The zero-order valence-electron chi connectivity index (χ0n) is 12.1. The van der Waals surface area contributed by atoms with Crippen LogP contribution >= 0.6 is 0 Å². The van der Waals surface area contributed by atoms with Gasteiger partial charge in [0.1, 0.15) is 11.4 Å². The third-order valence-electron chi connectivity index (χ3n) is 4.09. The Labute approximate surface area is 122 Å². The lowest BCUT2D eigenvalue weighted by Gasteiger charge is -2.41. The summed E-state index contributed by atoms with van der Waals surface area (Å²) in [5.41, 5.74) is -2.15. The number of hydrogen-bond donors (Lipinski definition) is 2. The van der Waals surface area contributed by atoms with Crippen LogP contribution in [0.5, 0.6) is 0 Å². The Morgan fingerprint density at radius 1 is 1.52 bits per heavy atom. The number of amides is 1. The normalized spacial score (nSPS) is 17.3. The number of unbranched alkanes of at least 4 members (excludes halogenated alkanes) is 1. The van der Waals surface area contributed by atoms with Crippen molar-refractivity contribution < 1.29 is 18.7 Å². The van der Waals surface area contributed by atoms with Gasteiger partial charge in [0, 0.05) is 25.5 Å². The summed E-state index contributed by atoms with van der Waals surface area (Å²) in [6, 6.07) is 0. The van der Waals surface area contributed by atoms with Gasteiger partial charge in [0.05, 0.1) is 0 Å². The average Bonchev–Trinajstić information content (AvgIpc) is 2.80. The van der Waals surface area contributed by atoms with Gasteiger partial charge in [0.2, 0.25) is 0 Å². The molecule has 0 unspecified atom stereocenters. The maximum atomic E-state index is 13.8. The Morgan fingerprint density at radius 3 is 2.76 bits per heavy atom. The third kappa shape index (κ3) is 3.23. The van der Waals surface area contributed by atoms with Gasteiger partial charge < -0.3 is 15.0 Å². The molecular formula is C14H21F2N3O2. The molecule has 2 N–H and O–H groups in total. The van der Waals surface area contributed by atoms with Gasteiger partial charge in [-0.15, -0.1) is 0 Å². The number of carbonyl (C=O) groups excluding carboxylic acids is 1. The Kier molecular flexibility index (Phi) is 4.61. The lowest BCUT2D eigenvalue weighted by Crippen LogP contribution is -2.60. The zero-order valence-corrected chi connectivity index (χ0v) is 12.1. The van der Waals surface area contributed by atoms with E-state index in [9.17, 15) is 18.7 Å². The van der Waals surface area contributed by atoms with Crippen LogP contribution in [0.25, 0.3) is 0 Å². The summed E-state index contributed by atoms with van der Waals surface area (Å²) in [4.78, 5) is 15.6. The lowest BCUT2D eigenvalue weighted by molar-refractivity contribution is -0.215. The minimum absolute atomic E-state index is 0.0205. The van der Waals surface area contributed by atoms with Crippen LogP contribution in [0.4, 0.5) is 8.78 Å². The number of halogens is 2. The first-order valence-electron chi connectivity index (χ1n) is 7.23. The summed E-state index contributed by atoms with van der Waals surface area (Å²) >= 11 is 0. The fraction of sp³-hybridized carbons (Fsp3) is 0.714. The molecule has 21 heavy (non-hydrogen) atoms. The van der Waals surface area contributed by atoms with Crippen molar-refractivity contribution in [2.45, 2.75) is 57.1 Å². The molecule has 0 atom stereocenters. The molecule has 118 valence electrons. The topological polar surface area (TPSA) is 67.2 Å². The minimum atomic E-state index is -3.70. The summed E-state index contributed by atoms with van der Waals surface area (Å²) in [5.74, 6) is -4.17. The van der Waals surface area contributed by atoms with E-state index in [0.717, 1.165) is 18.8 Å². The quantitative estimate of drug-likeness (QED) is 0.752. The highest BCUT2D eigenvalue weighted by Gasteiger charge is 2.60. The fourth-order valence-electron chi connectivity index (χ4n) is 2.40. The Hall–Kier alpha value is -1.50. The number of aliphatic hydroxyl groups is 1. The monoisotopic (exact) mass is 301 g/mol. The van der Waals surface area contributed by atoms with Crippen LogP contribution in [0.1, 0.15) is 37.9 Å². The van der Waals surface area contributed by atoms with Crippen molar-refractivity contribution in [1.82, 2.24) is 14.9 Å². The molecule has 1 amide bonds. The summed E-state index contributed by atoms with van der Waals surface area (Å²) in [6.45, 7) is 2.81. The Morgan fingerprint density at radius 2 is 2.24 bits per heavy atom. The SMILES string of the molecule is Cc1nccn1CCCCNC(=O)C(F)(F)C1(O)CCC1. The molecule has 0 aliphatic heterocycles. The predicted molar refractivity (Wildman–Crippen MR) is 73.0 cm³/mol. The van der Waals surface area contributed by atoms with Crippen LogP contribution in [0, 0.1) is 6.92 Å². The molecular weight excluding hydrogens is 280 g/mol. The second-order valence-corrected chi connectivity index (χ2v) is 5.59. The molecule has 0 spiro atoms. The summed E-state index contributed by atoms with van der Waals surface area (Å²) in [5, 5.41) is 11.9. The average molecular weight is 301 g/mol. The molecule has 7 heteroatoms. The van der Waals surface area contributed by atoms with Gasteiger partial charge in [-0.1, -0.05) is 0 Å². The summed E-state index contributed by atoms with van der Waals surface area (Å²) in [6.07, 6.45) is 5.40. The number of hydrogen-bond acceptors (Lipinski definition) is 3. The Bertz CT molecular complexity index is 498. The number of aryl methyl sites for hydroxylation is 2. The van der Waals surface area contributed by atoms with E-state index in [2.05, 4.69) is 10.3 Å². The van der Waals surface area contributed by atoms with E-state index in [1.807, 2.05) is 17.7 Å². The molecule has 1 aliphatic rings. The van der Waals surface area contributed by atoms with E-state index in [-0.39, 0.29) is 19.4 Å². The van der Waals surface area contributed by atoms with Crippen molar-refractivity contribution in [2.24, 2.45) is 0 Å². The number of alkyl halides is 2. The van der Waals surface area contributed by atoms with Crippen molar-refractivity contribution in [3.05, 3.63) is 18.2 Å². The molecule has 0 radical (unpaired) electrons. The van der Waals surface area contributed by atoms with E-state index in [4.69, 9.17) is 0 Å². The van der Waals surface area contributed by atoms with Crippen LogP contribution in [0.3, 0.4) is 0 Å². The van der Waals surface area contributed by atoms with Gasteiger partial charge in [-0.05, 0) is 39.0 Å². The first-order valence-corrected chi connectivity index (χ1v) is 7.23. The number of nitrogens with one attached hydrogen (secondary N) is 1. The van der Waals surface area contributed by atoms with Gasteiger partial charge in [-0.25, -0.2) is 4.98 Å². The number of carbonyl (C=O) groups is 1. The van der Waals surface area contributed by atoms with E-state index in [1.54, 1.807) is 6.20 Å². The molecule has 2 rings (SSSR count). The highest BCUT2D eigenvalue weighted by molar-refractivity contribution is 5.85. The second-order valence-electron chi connectivity index (χ2n) is 5.59. The second kappa shape index (κ2) is 6.09. The van der Waals surface area contributed by atoms with E-state index in [1.165, 1.54) is 0 Å². The summed E-state index contributed by atoms with van der Waals surface area (Å²) < 4.78 is 29.5. The van der Waals surface area contributed by atoms with Gasteiger partial charge in [0.25, 0.3) is 5.91 Å². The van der Waals surface area contributed by atoms with Crippen LogP contribution in [0.2, 0.25) is 0 Å². The van der Waals surface area contributed by atoms with Crippen molar-refractivity contribution in [3.8, 4) is 0 Å². The molecule has 1 heterocycles. The molecule has 0 aromatic carbocycles. The van der Waals surface area contributed by atoms with E-state index >= 15 is 0 Å². The first-order chi connectivity index (χ1) is 9.87. The van der Waals surface area contributed by atoms with Gasteiger partial charge in [0.15, 0.2) is 0 Å². The molecule has 1 aliphatic carbocycles. The maximum Gasteiger partial charge on any atom is 0.352 e. The molecule has 1 fully saturated rings. The largest absolute Gasteiger partial charge is 0.383 e. The minimum Gasteiger partial charge on any atom is -0.383 e. The number of rotatable bonds is 7. The molecule has 5 nitrogen and oxygen atoms in total. The third-order valence-corrected chi connectivity index (χ3v) is 4.09. The maximum absolute atomic E-state index is 13.8. The van der Waals surface area contributed by atoms with Gasteiger partial charge in [-0.3, -0.25) is 4.79 Å². The summed E-state index contributed by atoms with van der Waals surface area (Å²) in [7, 11) is 0. The Balaban J connectivity index is 1.69. The fourth-order valence-corrected chi connectivity index (χ4v) is 2.40. The van der Waals surface area contributed by atoms with E-state index < -0.39 is 17.4 Å². The highest BCUT2D eigenvalue weighted by Crippen LogP contribution is 2.44. The number of aromatic nitrogens is 2. The lowest BCUT2D eigenvalue weighted by atomic mass is 9.75. The van der Waals surface area contributed by atoms with Crippen molar-refractivity contribution in [3.63, 3.8) is 0 Å². The van der Waals surface area contributed by atoms with Crippen LogP contribution in [0.15, 0.2) is 12.4 Å². The van der Waals surface area contributed by atoms with Gasteiger partial charge >= 0.3 is 5.92 Å². The zero-order chi connectivity index (χ0) is 15.5. The van der Waals surface area contributed by atoms with Crippen molar-refractivity contribution in [1.29, 1.82) is 0 Å². The first kappa shape index (κ1) is 15.9. The van der Waals surface area contributed by atoms with Crippen molar-refractivity contribution >= 4 is 5.91 Å². The standard InChI is InChI=1S/C14H21F2N3O2/c1-11-17-8-10-19(11)9-3-2-7-18-12(20)14(15,16)13(21)5-4-6-13/h8,10,21H,2-7,9H2,1H3,(H,18,20). The van der Waals surface area contributed by atoms with Crippen molar-refractivity contribution in [2.75, 3.05) is 6.54 Å². The van der Waals surface area contributed by atoms with Crippen LogP contribution in [-0.2, 0) is 11.3 Å². The van der Waals surface area contributed by atoms with E-state index in [0.29, 0.717) is 12.8 Å². The highest BCUT2D eigenvalue weighted by atomic mass is 19.3. The molecule has 1 saturated carbocycles. The molecule has 0 saturated heterocycles. The van der Waals surface area contributed by atoms with Crippen LogP contribution < -0.4 is 5.32 Å². The van der Waals surface area contributed by atoms with Crippen LogP contribution in [-0.4, -0.2) is 38.6 Å². The smallest absolute Gasteiger partial charge is 0.352 e. The molecule has 1 aromatic heterocycles. The molecule has 0 bridgehead atoms. The predicted octanol–water partition coefficient (Wildman–Crippen LogP) is 1.64. The number of nitrogens with zero attached hydrogens (tertiary/aromatic N) is 2. The van der Waals surface area contributed by atoms with Gasteiger partial charge in [-0.2, -0.15) is 8.78 Å².